The molecular formula is C21H33BN5O6. The molecule has 1 aromatic carbocycles. The molecule has 1 saturated carbocycles. The van der Waals surface area contributed by atoms with Gasteiger partial charge in [0.1, 0.15) is 11.6 Å². The number of rotatable bonds is 13. The SMILES string of the molecule is COc1ccc(CNC(=O)C2(C(=O)N[C@@H](CCCN=C(N)N)O[B]O)CCCC2)cc1OC. The molecule has 0 bridgehead atoms. The Morgan fingerprint density at radius 3 is 2.48 bits per heavy atom. The van der Waals surface area contributed by atoms with Gasteiger partial charge in [0.05, 0.1) is 14.2 Å². The number of nitrogens with one attached hydrogen (secondary N) is 2. The van der Waals surface area contributed by atoms with Gasteiger partial charge in [0, 0.05) is 13.1 Å². The molecule has 1 aliphatic rings. The third-order valence-corrected chi connectivity index (χ3v) is 5.66. The summed E-state index contributed by atoms with van der Waals surface area (Å²) in [5, 5.41) is 14.7. The van der Waals surface area contributed by atoms with Gasteiger partial charge >= 0.3 is 7.69 Å². The smallest absolute Gasteiger partial charge is 0.486 e. The van der Waals surface area contributed by atoms with E-state index in [2.05, 4.69) is 15.6 Å². The predicted molar refractivity (Wildman–Crippen MR) is 123 cm³/mol. The maximum Gasteiger partial charge on any atom is 0.486 e. The zero-order chi connectivity index (χ0) is 24.3. The van der Waals surface area contributed by atoms with Crippen molar-refractivity contribution in [3.05, 3.63) is 23.8 Å². The molecule has 0 aliphatic heterocycles. The van der Waals surface area contributed by atoms with Gasteiger partial charge in [0.15, 0.2) is 17.5 Å². The second-order valence-electron chi connectivity index (χ2n) is 7.81. The van der Waals surface area contributed by atoms with Crippen LogP contribution in [0.25, 0.3) is 0 Å². The number of aliphatic imine (C=N–C) groups is 1. The summed E-state index contributed by atoms with van der Waals surface area (Å²) in [5.74, 6) is 0.337. The Morgan fingerprint density at radius 1 is 1.18 bits per heavy atom. The fourth-order valence-corrected chi connectivity index (χ4v) is 3.89. The highest BCUT2D eigenvalue weighted by Gasteiger charge is 2.48. The minimum Gasteiger partial charge on any atom is -0.493 e. The Kier molecular flexibility index (Phi) is 10.3. The number of methoxy groups -OCH3 is 2. The molecule has 0 aromatic heterocycles. The van der Waals surface area contributed by atoms with Crippen molar-refractivity contribution in [1.29, 1.82) is 0 Å². The molecule has 0 unspecified atom stereocenters. The maximum atomic E-state index is 13.2. The topological polar surface area (TPSA) is 171 Å². The van der Waals surface area contributed by atoms with Gasteiger partial charge in [-0.2, -0.15) is 0 Å². The summed E-state index contributed by atoms with van der Waals surface area (Å²) >= 11 is 0. The molecule has 7 N–H and O–H groups in total. The average molecular weight is 462 g/mol. The van der Waals surface area contributed by atoms with E-state index in [-0.39, 0.29) is 18.4 Å². The van der Waals surface area contributed by atoms with E-state index in [0.29, 0.717) is 51.4 Å². The molecular weight excluding hydrogens is 429 g/mol. The summed E-state index contributed by atoms with van der Waals surface area (Å²) in [4.78, 5) is 30.2. The number of hydrogen-bond acceptors (Lipinski definition) is 7. The molecule has 1 radical (unpaired) electrons. The zero-order valence-corrected chi connectivity index (χ0v) is 19.1. The third-order valence-electron chi connectivity index (χ3n) is 5.66. The normalized spacial score (nSPS) is 15.2. The Balaban J connectivity index is 2.03. The van der Waals surface area contributed by atoms with E-state index >= 15 is 0 Å². The molecule has 33 heavy (non-hydrogen) atoms. The van der Waals surface area contributed by atoms with E-state index in [0.717, 1.165) is 18.4 Å². The molecule has 1 aliphatic carbocycles. The lowest BCUT2D eigenvalue weighted by atomic mass is 9.83. The largest absolute Gasteiger partial charge is 0.493 e. The van der Waals surface area contributed by atoms with Crippen LogP contribution < -0.4 is 31.6 Å². The van der Waals surface area contributed by atoms with Gasteiger partial charge in [-0.05, 0) is 43.4 Å². The van der Waals surface area contributed by atoms with Gasteiger partial charge in [-0.25, -0.2) is 0 Å². The third kappa shape index (κ3) is 7.26. The lowest BCUT2D eigenvalue weighted by Gasteiger charge is -2.29. The Morgan fingerprint density at radius 2 is 1.88 bits per heavy atom. The number of ether oxygens (including phenoxy) is 2. The van der Waals surface area contributed by atoms with Crippen molar-refractivity contribution in [3.63, 3.8) is 0 Å². The Bertz CT molecular complexity index is 827. The number of nitrogens with two attached hydrogens (primary N) is 2. The van der Waals surface area contributed by atoms with Crippen molar-refractivity contribution < 1.29 is 28.7 Å². The quantitative estimate of drug-likeness (QED) is 0.0677. The number of nitrogens with zero attached hydrogens (tertiary/aromatic N) is 1. The van der Waals surface area contributed by atoms with Crippen molar-refractivity contribution in [2.24, 2.45) is 21.9 Å². The monoisotopic (exact) mass is 462 g/mol. The van der Waals surface area contributed by atoms with Crippen molar-refractivity contribution in [2.75, 3.05) is 20.8 Å². The highest BCUT2D eigenvalue weighted by Crippen LogP contribution is 2.39. The standard InChI is InChI=1S/C21H33BN5O6/c1-31-15-8-7-14(12-16(15)32-2)13-26-18(28)21(9-3-4-10-21)19(29)27-17(33-22-30)6-5-11-25-20(23)24/h7-8,12,17,30H,3-6,9-11,13H2,1-2H3,(H,26,28)(H,27,29)(H4,23,24,25)/t17-/m1/s1. The van der Waals surface area contributed by atoms with Crippen molar-refractivity contribution >= 4 is 25.5 Å². The molecule has 0 saturated heterocycles. The van der Waals surface area contributed by atoms with Crippen LogP contribution in [0.5, 0.6) is 11.5 Å². The first-order valence-electron chi connectivity index (χ1n) is 10.8. The summed E-state index contributed by atoms with van der Waals surface area (Å²) in [6.07, 6.45) is 2.43. The zero-order valence-electron chi connectivity index (χ0n) is 19.1. The molecule has 12 heteroatoms. The number of benzene rings is 1. The van der Waals surface area contributed by atoms with Crippen LogP contribution in [0.2, 0.25) is 0 Å². The first-order chi connectivity index (χ1) is 15.9. The van der Waals surface area contributed by atoms with Crippen LogP contribution in [-0.2, 0) is 20.8 Å². The van der Waals surface area contributed by atoms with Gasteiger partial charge in [-0.15, -0.1) is 0 Å². The van der Waals surface area contributed by atoms with Crippen molar-refractivity contribution in [3.8, 4) is 11.5 Å². The highest BCUT2D eigenvalue weighted by molar-refractivity contribution is 6.16. The second kappa shape index (κ2) is 12.9. The second-order valence-corrected chi connectivity index (χ2v) is 7.81. The highest BCUT2D eigenvalue weighted by atomic mass is 16.5. The Labute approximate surface area is 194 Å². The molecule has 2 rings (SSSR count). The summed E-state index contributed by atoms with van der Waals surface area (Å²) in [5.41, 5.74) is 10.2. The van der Waals surface area contributed by atoms with Crippen LogP contribution in [0.3, 0.4) is 0 Å². The molecule has 1 fully saturated rings. The van der Waals surface area contributed by atoms with Crippen molar-refractivity contribution in [1.82, 2.24) is 10.6 Å². The molecule has 11 nitrogen and oxygen atoms in total. The molecule has 181 valence electrons. The summed E-state index contributed by atoms with van der Waals surface area (Å²) in [7, 11) is 3.61. The first kappa shape index (κ1) is 26.3. The lowest BCUT2D eigenvalue weighted by Crippen LogP contribution is -2.53. The van der Waals surface area contributed by atoms with Crippen LogP contribution in [0.15, 0.2) is 23.2 Å². The number of hydrogen-bond donors (Lipinski definition) is 5. The van der Waals surface area contributed by atoms with E-state index in [4.69, 9.17) is 30.6 Å². The summed E-state index contributed by atoms with van der Waals surface area (Å²) in [6, 6.07) is 5.35. The fourth-order valence-electron chi connectivity index (χ4n) is 3.89. The number of guanidine groups is 1. The first-order valence-corrected chi connectivity index (χ1v) is 10.8. The van der Waals surface area contributed by atoms with E-state index in [1.165, 1.54) is 7.11 Å². The summed E-state index contributed by atoms with van der Waals surface area (Å²) < 4.78 is 15.6. The molecule has 2 amide bonds. The van der Waals surface area contributed by atoms with Crippen LogP contribution in [0.1, 0.15) is 44.1 Å². The van der Waals surface area contributed by atoms with E-state index in [1.54, 1.807) is 19.2 Å². The summed E-state index contributed by atoms with van der Waals surface area (Å²) in [6.45, 7) is 0.581. The molecule has 0 spiro atoms. The van der Waals surface area contributed by atoms with E-state index in [1.807, 2.05) is 6.07 Å². The van der Waals surface area contributed by atoms with Gasteiger partial charge in [0.25, 0.3) is 0 Å². The van der Waals surface area contributed by atoms with Crippen LogP contribution in [-0.4, -0.2) is 57.5 Å². The van der Waals surface area contributed by atoms with E-state index in [9.17, 15) is 9.59 Å². The van der Waals surface area contributed by atoms with Crippen molar-refractivity contribution in [2.45, 2.75) is 51.3 Å². The van der Waals surface area contributed by atoms with Gasteiger partial charge in [-0.3, -0.25) is 14.6 Å². The van der Waals surface area contributed by atoms with Crippen LogP contribution >= 0.6 is 0 Å². The predicted octanol–water partition coefficient (Wildman–Crippen LogP) is -0.0806. The Hall–Kier alpha value is -2.99. The van der Waals surface area contributed by atoms with E-state index < -0.39 is 17.6 Å². The number of carbonyl (C=O) groups is 2. The molecule has 1 atom stereocenters. The fraction of sp³-hybridized carbons (Fsp3) is 0.571. The van der Waals surface area contributed by atoms with Gasteiger partial charge in [-0.1, -0.05) is 18.9 Å². The van der Waals surface area contributed by atoms with Crippen LogP contribution in [0.4, 0.5) is 0 Å². The average Bonchev–Trinajstić information content (AvgIpc) is 3.31. The number of amides is 2. The molecule has 0 heterocycles. The molecule has 1 aromatic rings. The maximum absolute atomic E-state index is 13.2. The minimum absolute atomic E-state index is 0.0266. The van der Waals surface area contributed by atoms with Gasteiger partial charge in [0.2, 0.25) is 11.8 Å². The van der Waals surface area contributed by atoms with Crippen LogP contribution in [0, 0.1) is 5.41 Å². The lowest BCUT2D eigenvalue weighted by molar-refractivity contribution is -0.145. The minimum atomic E-state index is -1.20. The number of carbonyl (C=O) groups excluding carboxylic acids is 2. The van der Waals surface area contributed by atoms with Gasteiger partial charge < -0.3 is 41.3 Å².